The minimum Gasteiger partial charge on any atom is -0.316 e. The quantitative estimate of drug-likeness (QED) is 0.501. The molecule has 0 spiro atoms. The Balaban J connectivity index is 2.46. The summed E-state index contributed by atoms with van der Waals surface area (Å²) in [7, 11) is 0. The summed E-state index contributed by atoms with van der Waals surface area (Å²) in [6.07, 6.45) is 5.96. The van der Waals surface area contributed by atoms with Gasteiger partial charge in [-0.3, -0.25) is 9.59 Å². The van der Waals surface area contributed by atoms with Crippen LogP contribution in [0.3, 0.4) is 0 Å². The highest BCUT2D eigenvalue weighted by Gasteiger charge is 2.31. The molecule has 2 aliphatic rings. The number of nitrogens with one attached hydrogen (secondary N) is 1. The van der Waals surface area contributed by atoms with Crippen molar-refractivity contribution in [1.82, 2.24) is 5.32 Å². The van der Waals surface area contributed by atoms with Crippen LogP contribution in [0.5, 0.6) is 0 Å². The molecule has 4 heteroatoms. The number of nitrogens with zero attached hydrogens (tertiary/aromatic N) is 1. The number of carbonyl (C=O) groups excluding carboxylic acids is 2. The van der Waals surface area contributed by atoms with Crippen molar-refractivity contribution in [2.75, 3.05) is 0 Å². The zero-order valence-electron chi connectivity index (χ0n) is 6.15. The number of rotatable bonds is 0. The Morgan fingerprint density at radius 2 is 2.25 bits per heavy atom. The van der Waals surface area contributed by atoms with Gasteiger partial charge in [-0.2, -0.15) is 0 Å². The van der Waals surface area contributed by atoms with Gasteiger partial charge >= 0.3 is 0 Å². The number of allylic oxidation sites excluding steroid dienone is 3. The molecule has 0 aromatic rings. The molecule has 0 aromatic heterocycles. The van der Waals surface area contributed by atoms with Crippen molar-refractivity contribution in [3.05, 3.63) is 23.9 Å². The van der Waals surface area contributed by atoms with E-state index in [0.29, 0.717) is 5.70 Å². The fraction of sp³-hybridized carbons (Fsp3) is 0.125. The Labute approximate surface area is 68.7 Å². The first-order valence-corrected chi connectivity index (χ1v) is 3.54. The van der Waals surface area contributed by atoms with Crippen LogP contribution in [0, 0.1) is 5.92 Å². The number of fused-ring (bicyclic) bond motifs is 1. The first-order valence-electron chi connectivity index (χ1n) is 3.54. The lowest BCUT2D eigenvalue weighted by atomic mass is 9.94. The van der Waals surface area contributed by atoms with E-state index in [2.05, 4.69) is 10.3 Å². The molecule has 1 atom stereocenters. The van der Waals surface area contributed by atoms with Gasteiger partial charge in [0.1, 0.15) is 5.92 Å². The second kappa shape index (κ2) is 2.41. The standard InChI is InChI=1S/C8H6N2O2/c11-6-3-1-2-5-7(6)8(12)10-4-9-5/h1-4,7H,(H,9,10,12). The summed E-state index contributed by atoms with van der Waals surface area (Å²) in [5.41, 5.74) is 0.520. The Morgan fingerprint density at radius 1 is 1.42 bits per heavy atom. The second-order valence-corrected chi connectivity index (χ2v) is 2.55. The number of hydrogen-bond acceptors (Lipinski definition) is 3. The number of hydrogen-bond donors (Lipinski definition) is 1. The van der Waals surface area contributed by atoms with E-state index < -0.39 is 5.92 Å². The van der Waals surface area contributed by atoms with Crippen molar-refractivity contribution >= 4 is 18.0 Å². The van der Waals surface area contributed by atoms with Crippen LogP contribution < -0.4 is 5.32 Å². The van der Waals surface area contributed by atoms with E-state index in [4.69, 9.17) is 0 Å². The molecule has 60 valence electrons. The van der Waals surface area contributed by atoms with Gasteiger partial charge < -0.3 is 5.32 Å². The van der Waals surface area contributed by atoms with Crippen molar-refractivity contribution in [3.63, 3.8) is 0 Å². The molecule has 1 unspecified atom stereocenters. The normalized spacial score (nSPS) is 26.3. The SMILES string of the molecule is O=C1C=CC=C2N=CNC(=O)C12. The molecule has 0 bridgehead atoms. The largest absolute Gasteiger partial charge is 0.316 e. The number of amides is 1. The first kappa shape index (κ1) is 6.97. The molecule has 1 aliphatic carbocycles. The van der Waals surface area contributed by atoms with E-state index >= 15 is 0 Å². The lowest BCUT2D eigenvalue weighted by Gasteiger charge is -2.18. The topological polar surface area (TPSA) is 58.5 Å². The summed E-state index contributed by atoms with van der Waals surface area (Å²) in [5, 5.41) is 2.39. The molecule has 0 aromatic carbocycles. The monoisotopic (exact) mass is 162 g/mol. The van der Waals surface area contributed by atoms with Crippen molar-refractivity contribution in [2.45, 2.75) is 0 Å². The summed E-state index contributed by atoms with van der Waals surface area (Å²) >= 11 is 0. The maximum absolute atomic E-state index is 11.2. The molecular weight excluding hydrogens is 156 g/mol. The van der Waals surface area contributed by atoms with Crippen LogP contribution in [0.2, 0.25) is 0 Å². The molecule has 2 rings (SSSR count). The van der Waals surface area contributed by atoms with E-state index in [0.717, 1.165) is 0 Å². The van der Waals surface area contributed by atoms with Crippen LogP contribution >= 0.6 is 0 Å². The van der Waals surface area contributed by atoms with E-state index in [1.807, 2.05) is 0 Å². The molecule has 0 radical (unpaired) electrons. The highest BCUT2D eigenvalue weighted by atomic mass is 16.2. The summed E-state index contributed by atoms with van der Waals surface area (Å²) in [4.78, 5) is 26.2. The van der Waals surface area contributed by atoms with Gasteiger partial charge in [0.2, 0.25) is 5.91 Å². The predicted octanol–water partition coefficient (Wildman–Crippen LogP) is -0.217. The summed E-state index contributed by atoms with van der Waals surface area (Å²) < 4.78 is 0. The van der Waals surface area contributed by atoms with Crippen molar-refractivity contribution in [3.8, 4) is 0 Å². The smallest absolute Gasteiger partial charge is 0.242 e. The Morgan fingerprint density at radius 3 is 3.00 bits per heavy atom. The molecule has 12 heavy (non-hydrogen) atoms. The molecule has 1 aliphatic heterocycles. The molecule has 1 N–H and O–H groups in total. The van der Waals surface area contributed by atoms with Gasteiger partial charge in [-0.15, -0.1) is 0 Å². The van der Waals surface area contributed by atoms with Crippen LogP contribution in [0.1, 0.15) is 0 Å². The Bertz CT molecular complexity index is 339. The van der Waals surface area contributed by atoms with E-state index in [1.54, 1.807) is 12.2 Å². The lowest BCUT2D eigenvalue weighted by molar-refractivity contribution is -0.129. The number of carbonyl (C=O) groups is 2. The van der Waals surface area contributed by atoms with E-state index in [-0.39, 0.29) is 11.7 Å². The van der Waals surface area contributed by atoms with Crippen molar-refractivity contribution in [1.29, 1.82) is 0 Å². The Kier molecular flexibility index (Phi) is 1.40. The third-order valence-corrected chi connectivity index (χ3v) is 1.79. The third kappa shape index (κ3) is 0.887. The van der Waals surface area contributed by atoms with Crippen LogP contribution in [0.25, 0.3) is 0 Å². The van der Waals surface area contributed by atoms with E-state index in [9.17, 15) is 9.59 Å². The van der Waals surface area contributed by atoms with Crippen molar-refractivity contribution < 1.29 is 9.59 Å². The van der Waals surface area contributed by atoms with Gasteiger partial charge in [-0.05, 0) is 12.2 Å². The minimum absolute atomic E-state index is 0.207. The van der Waals surface area contributed by atoms with Crippen LogP contribution in [0.15, 0.2) is 28.9 Å². The highest BCUT2D eigenvalue weighted by Crippen LogP contribution is 2.20. The van der Waals surface area contributed by atoms with Gasteiger partial charge in [0, 0.05) is 0 Å². The fourth-order valence-electron chi connectivity index (χ4n) is 1.21. The summed E-state index contributed by atoms with van der Waals surface area (Å²) in [5.74, 6) is -1.23. The highest BCUT2D eigenvalue weighted by molar-refractivity contribution is 6.13. The average Bonchev–Trinajstić information content (AvgIpc) is 2.04. The summed E-state index contributed by atoms with van der Waals surface area (Å²) in [6, 6.07) is 0. The minimum atomic E-state index is -0.722. The lowest BCUT2D eigenvalue weighted by Crippen LogP contribution is -2.39. The molecule has 0 saturated carbocycles. The fourth-order valence-corrected chi connectivity index (χ4v) is 1.21. The zero-order valence-corrected chi connectivity index (χ0v) is 6.15. The first-order chi connectivity index (χ1) is 5.79. The predicted molar refractivity (Wildman–Crippen MR) is 42.4 cm³/mol. The van der Waals surface area contributed by atoms with Gasteiger partial charge in [-0.25, -0.2) is 4.99 Å². The third-order valence-electron chi connectivity index (χ3n) is 1.79. The molecule has 1 amide bonds. The maximum Gasteiger partial charge on any atom is 0.242 e. The average molecular weight is 162 g/mol. The number of ketones is 1. The number of aliphatic imine (C=N–C) groups is 1. The molecule has 1 heterocycles. The van der Waals surface area contributed by atoms with E-state index in [1.165, 1.54) is 12.4 Å². The molecule has 4 nitrogen and oxygen atoms in total. The Hall–Kier alpha value is -1.71. The van der Waals surface area contributed by atoms with Gasteiger partial charge in [0.25, 0.3) is 0 Å². The van der Waals surface area contributed by atoms with Crippen molar-refractivity contribution in [2.24, 2.45) is 10.9 Å². The van der Waals surface area contributed by atoms with Gasteiger partial charge in [0.15, 0.2) is 5.78 Å². The summed E-state index contributed by atoms with van der Waals surface area (Å²) in [6.45, 7) is 0. The molecular formula is C8H6N2O2. The van der Waals surface area contributed by atoms with Crippen LogP contribution in [-0.4, -0.2) is 18.0 Å². The van der Waals surface area contributed by atoms with Gasteiger partial charge in [-0.1, -0.05) is 6.08 Å². The maximum atomic E-state index is 11.2. The second-order valence-electron chi connectivity index (χ2n) is 2.55. The zero-order chi connectivity index (χ0) is 8.55. The van der Waals surface area contributed by atoms with Gasteiger partial charge in [0.05, 0.1) is 12.0 Å². The van der Waals surface area contributed by atoms with Crippen LogP contribution in [-0.2, 0) is 9.59 Å². The molecule has 0 fully saturated rings. The van der Waals surface area contributed by atoms with Crippen LogP contribution in [0.4, 0.5) is 0 Å². The molecule has 0 saturated heterocycles.